The van der Waals surface area contributed by atoms with Crippen LogP contribution in [0, 0.1) is 0 Å². The Balaban J connectivity index is 1.40. The van der Waals surface area contributed by atoms with Crippen LogP contribution in [0.25, 0.3) is 0 Å². The first-order valence-corrected chi connectivity index (χ1v) is 17.9. The van der Waals surface area contributed by atoms with Crippen molar-refractivity contribution in [3.63, 3.8) is 0 Å². The Morgan fingerprint density at radius 2 is 0.955 bits per heavy atom. The van der Waals surface area contributed by atoms with Crippen LogP contribution in [0.15, 0.2) is 158 Å². The molecule has 214 valence electrons. The zero-order valence-corrected chi connectivity index (χ0v) is 25.8. The molecule has 6 aromatic rings. The molecule has 1 spiro atoms. The summed E-state index contributed by atoms with van der Waals surface area (Å²) in [6.45, 7) is 0.861. The van der Waals surface area contributed by atoms with Gasteiger partial charge >= 0.3 is 0 Å². The van der Waals surface area contributed by atoms with Gasteiger partial charge in [-0.05, 0) is 36.0 Å². The highest BCUT2D eigenvalue weighted by molar-refractivity contribution is 7.85. The van der Waals surface area contributed by atoms with Gasteiger partial charge in [0.05, 0.1) is 5.41 Å². The second-order valence-corrected chi connectivity index (χ2v) is 16.2. The molecule has 0 saturated heterocycles. The van der Waals surface area contributed by atoms with Gasteiger partial charge in [-0.3, -0.25) is 0 Å². The van der Waals surface area contributed by atoms with Crippen molar-refractivity contribution in [2.75, 3.05) is 13.2 Å². The van der Waals surface area contributed by atoms with Crippen LogP contribution in [0.4, 0.5) is 0 Å². The number of rotatable bonds is 6. The van der Waals surface area contributed by atoms with Gasteiger partial charge in [0.2, 0.25) is 0 Å². The van der Waals surface area contributed by atoms with E-state index in [9.17, 15) is 0 Å². The number of ether oxygens (including phenoxy) is 2. The fourth-order valence-corrected chi connectivity index (χ4v) is 12.4. The minimum atomic E-state index is -3.29. The van der Waals surface area contributed by atoms with E-state index in [0.29, 0.717) is 13.2 Å². The van der Waals surface area contributed by atoms with Crippen LogP contribution in [-0.4, -0.2) is 13.2 Å². The van der Waals surface area contributed by atoms with Crippen molar-refractivity contribution in [2.24, 2.45) is 0 Å². The van der Waals surface area contributed by atoms with E-state index in [1.165, 1.54) is 15.9 Å². The van der Waals surface area contributed by atoms with Crippen LogP contribution in [-0.2, 0) is 9.98 Å². The summed E-state index contributed by atoms with van der Waals surface area (Å²) in [5, 5.41) is 6.23. The normalized spacial score (nSPS) is 16.8. The number of benzene rings is 6. The van der Waals surface area contributed by atoms with Crippen LogP contribution in [0.5, 0.6) is 11.5 Å². The molecule has 1 atom stereocenters. The Labute approximate surface area is 259 Å². The molecule has 2 aliphatic rings. The highest BCUT2D eigenvalue weighted by Crippen LogP contribution is 2.55. The van der Waals surface area contributed by atoms with Crippen molar-refractivity contribution in [3.05, 3.63) is 169 Å². The third-order valence-corrected chi connectivity index (χ3v) is 14.3. The molecule has 0 amide bonds. The Morgan fingerprint density at radius 1 is 0.500 bits per heavy atom. The predicted octanol–water partition coefficient (Wildman–Crippen LogP) is 6.16. The summed E-state index contributed by atoms with van der Waals surface area (Å²) in [6.07, 6.45) is 0. The molecule has 0 fully saturated rings. The Bertz CT molecular complexity index is 1910. The molecule has 5 heteroatoms. The summed E-state index contributed by atoms with van der Waals surface area (Å²) in [5.41, 5.74) is 1.53. The zero-order chi connectivity index (χ0) is 29.6. The molecule has 0 N–H and O–H groups in total. The predicted molar refractivity (Wildman–Crippen MR) is 183 cm³/mol. The summed E-state index contributed by atoms with van der Waals surface area (Å²) in [6, 6.07) is 53.8. The average Bonchev–Trinajstić information content (AvgIpc) is 3.68. The molecular formula is C39H30O3P2. The second-order valence-electron chi connectivity index (χ2n) is 11.2. The summed E-state index contributed by atoms with van der Waals surface area (Å²) >= 11 is 0. The van der Waals surface area contributed by atoms with Crippen molar-refractivity contribution < 1.29 is 14.0 Å². The molecule has 0 aromatic heterocycles. The molecule has 0 saturated carbocycles. The van der Waals surface area contributed by atoms with Crippen molar-refractivity contribution in [1.29, 1.82) is 0 Å². The zero-order valence-electron chi connectivity index (χ0n) is 24.0. The van der Waals surface area contributed by atoms with Gasteiger partial charge in [-0.15, -0.1) is 0 Å². The summed E-state index contributed by atoms with van der Waals surface area (Å²) in [4.78, 5) is 0. The summed E-state index contributed by atoms with van der Waals surface area (Å²) < 4.78 is 28.9. The van der Waals surface area contributed by atoms with Gasteiger partial charge in [0.25, 0.3) is 0 Å². The number of fused-ring (bicyclic) bond motifs is 4. The van der Waals surface area contributed by atoms with E-state index in [4.69, 9.17) is 9.47 Å². The lowest BCUT2D eigenvalue weighted by Gasteiger charge is -2.31. The molecule has 3 nitrogen and oxygen atoms in total. The second kappa shape index (κ2) is 10.9. The van der Waals surface area contributed by atoms with Crippen LogP contribution in [0.3, 0.4) is 0 Å². The minimum Gasteiger partial charge on any atom is -0.492 e. The molecule has 0 bridgehead atoms. The Morgan fingerprint density at radius 3 is 1.48 bits per heavy atom. The maximum absolute atomic E-state index is 15.8. The van der Waals surface area contributed by atoms with Crippen LogP contribution in [0.1, 0.15) is 11.1 Å². The molecular weight excluding hydrogens is 578 g/mol. The van der Waals surface area contributed by atoms with E-state index in [2.05, 4.69) is 78.9 Å². The van der Waals surface area contributed by atoms with Crippen LogP contribution < -0.4 is 41.3 Å². The van der Waals surface area contributed by atoms with Gasteiger partial charge in [-0.1, -0.05) is 146 Å². The number of hydrogen-bond acceptors (Lipinski definition) is 3. The van der Waals surface area contributed by atoms with E-state index in [0.717, 1.165) is 38.5 Å². The maximum atomic E-state index is 15.8. The highest BCUT2D eigenvalue weighted by Gasteiger charge is 2.54. The van der Waals surface area contributed by atoms with E-state index in [1.807, 2.05) is 78.9 Å². The van der Waals surface area contributed by atoms with Gasteiger partial charge in [0.1, 0.15) is 24.7 Å². The maximum Gasteiger partial charge on any atom is 0.171 e. The van der Waals surface area contributed by atoms with E-state index in [-0.39, 0.29) is 0 Å². The molecule has 6 aromatic carbocycles. The summed E-state index contributed by atoms with van der Waals surface area (Å²) in [5.74, 6) is 1.66. The van der Waals surface area contributed by atoms with Gasteiger partial charge in [-0.25, -0.2) is 0 Å². The van der Waals surface area contributed by atoms with E-state index < -0.39 is 20.5 Å². The fraction of sp³-hybridized carbons (Fsp3) is 0.0769. The lowest BCUT2D eigenvalue weighted by Crippen LogP contribution is -2.40. The monoisotopic (exact) mass is 608 g/mol. The topological polar surface area (TPSA) is 35.5 Å². The largest absolute Gasteiger partial charge is 0.492 e. The molecule has 2 aliphatic heterocycles. The molecule has 2 heterocycles. The quantitative estimate of drug-likeness (QED) is 0.213. The van der Waals surface area contributed by atoms with Crippen molar-refractivity contribution >= 4 is 46.9 Å². The SMILES string of the molecule is O=P(c1ccccc1)(c1ccccc1)c1cccc2c1C1(COc3cccc(P(c4ccccc4)c4ccccc4)c31)CO2. The van der Waals surface area contributed by atoms with E-state index in [1.54, 1.807) is 0 Å². The van der Waals surface area contributed by atoms with Gasteiger partial charge in [0, 0.05) is 27.0 Å². The van der Waals surface area contributed by atoms with Crippen molar-refractivity contribution in [2.45, 2.75) is 5.41 Å². The first-order chi connectivity index (χ1) is 21.7. The van der Waals surface area contributed by atoms with Gasteiger partial charge in [-0.2, -0.15) is 0 Å². The Kier molecular flexibility index (Phi) is 6.75. The standard InChI is InChI=1S/C39H30O3P2/c40-44(31-19-9-3-10-20-31,32-21-11-4-12-22-32)36-26-14-24-34-38(36)39(28-42-34)27-41-33-23-13-25-35(37(33)39)43(29-15-5-1-6-16-29)30-17-7-2-8-18-30/h1-26H,27-28H2. The molecule has 0 radical (unpaired) electrons. The van der Waals surface area contributed by atoms with Crippen LogP contribution >= 0.6 is 15.1 Å². The smallest absolute Gasteiger partial charge is 0.171 e. The lowest BCUT2D eigenvalue weighted by atomic mass is 9.78. The fourth-order valence-electron chi connectivity index (χ4n) is 6.83. The Hall–Kier alpha value is -4.42. The third-order valence-electron chi connectivity index (χ3n) is 8.76. The van der Waals surface area contributed by atoms with Crippen molar-refractivity contribution in [3.8, 4) is 11.5 Å². The lowest BCUT2D eigenvalue weighted by molar-refractivity contribution is 0.238. The van der Waals surface area contributed by atoms with Gasteiger partial charge < -0.3 is 14.0 Å². The van der Waals surface area contributed by atoms with Crippen molar-refractivity contribution in [1.82, 2.24) is 0 Å². The molecule has 44 heavy (non-hydrogen) atoms. The van der Waals surface area contributed by atoms with Crippen LogP contribution in [0.2, 0.25) is 0 Å². The average molecular weight is 609 g/mol. The highest BCUT2D eigenvalue weighted by atomic mass is 31.2. The summed E-state index contributed by atoms with van der Waals surface area (Å²) in [7, 11) is -4.20. The molecule has 8 rings (SSSR count). The first-order valence-electron chi connectivity index (χ1n) is 14.8. The van der Waals surface area contributed by atoms with E-state index >= 15 is 4.57 Å². The van der Waals surface area contributed by atoms with Gasteiger partial charge in [0.15, 0.2) is 7.14 Å². The third kappa shape index (κ3) is 4.19. The molecule has 0 aliphatic carbocycles. The minimum absolute atomic E-state index is 0.430. The number of hydrogen-bond donors (Lipinski definition) is 0. The molecule has 1 unspecified atom stereocenters. The first kappa shape index (κ1) is 27.2.